The number of nitrogens with one attached hydrogen (secondary N) is 1. The normalized spacial score (nSPS) is 11.6. The summed E-state index contributed by atoms with van der Waals surface area (Å²) in [4.78, 5) is 0. The summed E-state index contributed by atoms with van der Waals surface area (Å²) in [6, 6.07) is 12.9. The van der Waals surface area contributed by atoms with Gasteiger partial charge in [-0.3, -0.25) is 0 Å². The lowest BCUT2D eigenvalue weighted by molar-refractivity contribution is 0.440. The number of aromatic nitrogens is 2. The van der Waals surface area contributed by atoms with Gasteiger partial charge >= 0.3 is 0 Å². The summed E-state index contributed by atoms with van der Waals surface area (Å²) in [5, 5.41) is 19.8. The molecule has 126 valence electrons. The molecule has 2 aromatic carbocycles. The Morgan fingerprint density at radius 2 is 2.00 bits per heavy atom. The van der Waals surface area contributed by atoms with E-state index in [1.54, 1.807) is 37.3 Å². The van der Waals surface area contributed by atoms with E-state index in [0.29, 0.717) is 28.8 Å². The molecule has 0 saturated carbocycles. The van der Waals surface area contributed by atoms with Crippen LogP contribution in [0.25, 0.3) is 0 Å². The van der Waals surface area contributed by atoms with E-state index in [9.17, 15) is 4.39 Å². The quantitative estimate of drug-likeness (QED) is 0.744. The number of ether oxygens (including phenoxy) is 1. The second-order valence-corrected chi connectivity index (χ2v) is 5.38. The third kappa shape index (κ3) is 3.75. The van der Waals surface area contributed by atoms with Crippen LogP contribution in [0.5, 0.6) is 11.5 Å². The maximum absolute atomic E-state index is 14.3. The van der Waals surface area contributed by atoms with Crippen molar-refractivity contribution in [1.82, 2.24) is 10.2 Å². The fourth-order valence-electron chi connectivity index (χ4n) is 2.24. The van der Waals surface area contributed by atoms with Crippen LogP contribution in [0, 0.1) is 24.1 Å². The Labute approximate surface area is 143 Å². The van der Waals surface area contributed by atoms with Crippen molar-refractivity contribution in [3.8, 4) is 17.6 Å². The fraction of sp³-hybridized carbons (Fsp3) is 0.167. The maximum atomic E-state index is 14.3. The molecule has 0 aliphatic carbocycles. The summed E-state index contributed by atoms with van der Waals surface area (Å²) in [5.41, 5.74) is 0.881. The van der Waals surface area contributed by atoms with E-state index in [2.05, 4.69) is 15.5 Å². The van der Waals surface area contributed by atoms with E-state index in [1.807, 2.05) is 13.0 Å². The Kier molecular flexibility index (Phi) is 4.61. The highest BCUT2D eigenvalue weighted by Gasteiger charge is 2.14. The number of para-hydroxylation sites is 1. The van der Waals surface area contributed by atoms with E-state index in [-0.39, 0.29) is 11.8 Å². The lowest BCUT2D eigenvalue weighted by Gasteiger charge is -2.13. The Balaban J connectivity index is 1.76. The molecule has 0 aliphatic heterocycles. The van der Waals surface area contributed by atoms with E-state index < -0.39 is 5.82 Å². The molecule has 1 N–H and O–H groups in total. The molecule has 0 fully saturated rings. The standard InChI is InChI=1S/C18H15FN4O2/c1-11(18-23-22-12(2)24-18)21-14-7-8-17(15(19)9-14)25-16-6-4-3-5-13(16)10-20/h3-9,11,21H,1-2H3/t11-/m0/s1. The molecule has 1 atom stereocenters. The van der Waals surface area contributed by atoms with Crippen LogP contribution in [-0.4, -0.2) is 10.2 Å². The van der Waals surface area contributed by atoms with Gasteiger partial charge in [-0.2, -0.15) is 5.26 Å². The molecule has 0 spiro atoms. The van der Waals surface area contributed by atoms with E-state index in [0.717, 1.165) is 0 Å². The number of nitriles is 1. The van der Waals surface area contributed by atoms with Crippen molar-refractivity contribution < 1.29 is 13.5 Å². The average molecular weight is 338 g/mol. The number of aryl methyl sites for hydroxylation is 1. The van der Waals surface area contributed by atoms with Crippen molar-refractivity contribution in [2.24, 2.45) is 0 Å². The SMILES string of the molecule is Cc1nnc([C@H](C)Nc2ccc(Oc3ccccc3C#N)c(F)c2)o1. The number of halogens is 1. The largest absolute Gasteiger partial charge is 0.453 e. The van der Waals surface area contributed by atoms with Crippen molar-refractivity contribution in [3.63, 3.8) is 0 Å². The van der Waals surface area contributed by atoms with Crippen molar-refractivity contribution in [2.75, 3.05) is 5.32 Å². The fourth-order valence-corrected chi connectivity index (χ4v) is 2.24. The second kappa shape index (κ2) is 7.01. The first-order valence-corrected chi connectivity index (χ1v) is 7.60. The lowest BCUT2D eigenvalue weighted by Crippen LogP contribution is -2.07. The highest BCUT2D eigenvalue weighted by molar-refractivity contribution is 5.50. The minimum atomic E-state index is -0.549. The average Bonchev–Trinajstić information content (AvgIpc) is 3.04. The first-order valence-electron chi connectivity index (χ1n) is 7.60. The van der Waals surface area contributed by atoms with E-state index in [1.165, 1.54) is 12.1 Å². The summed E-state index contributed by atoms with van der Waals surface area (Å²) >= 11 is 0. The summed E-state index contributed by atoms with van der Waals surface area (Å²) in [6.45, 7) is 3.53. The second-order valence-electron chi connectivity index (χ2n) is 5.38. The van der Waals surface area contributed by atoms with Gasteiger partial charge in [0.15, 0.2) is 11.6 Å². The Morgan fingerprint density at radius 1 is 1.20 bits per heavy atom. The molecule has 0 saturated heterocycles. The maximum Gasteiger partial charge on any atom is 0.238 e. The monoisotopic (exact) mass is 338 g/mol. The van der Waals surface area contributed by atoms with Gasteiger partial charge in [-0.05, 0) is 31.2 Å². The highest BCUT2D eigenvalue weighted by atomic mass is 19.1. The molecule has 7 heteroatoms. The zero-order valence-corrected chi connectivity index (χ0v) is 13.7. The summed E-state index contributed by atoms with van der Waals surface area (Å²) < 4.78 is 25.2. The molecule has 6 nitrogen and oxygen atoms in total. The number of benzene rings is 2. The van der Waals surface area contributed by atoms with Gasteiger partial charge < -0.3 is 14.5 Å². The third-order valence-corrected chi connectivity index (χ3v) is 3.45. The number of rotatable bonds is 5. The Bertz CT molecular complexity index is 933. The smallest absolute Gasteiger partial charge is 0.238 e. The van der Waals surface area contributed by atoms with Crippen LogP contribution in [-0.2, 0) is 0 Å². The van der Waals surface area contributed by atoms with Crippen molar-refractivity contribution in [2.45, 2.75) is 19.9 Å². The molecule has 0 aliphatic rings. The van der Waals surface area contributed by atoms with Gasteiger partial charge in [-0.15, -0.1) is 10.2 Å². The number of hydrogen-bond donors (Lipinski definition) is 1. The molecular formula is C18H15FN4O2. The molecule has 25 heavy (non-hydrogen) atoms. The van der Waals surface area contributed by atoms with Crippen LogP contribution in [0.2, 0.25) is 0 Å². The lowest BCUT2D eigenvalue weighted by atomic mass is 10.2. The predicted octanol–water partition coefficient (Wildman–Crippen LogP) is 4.35. The van der Waals surface area contributed by atoms with Gasteiger partial charge in [0.2, 0.25) is 11.8 Å². The summed E-state index contributed by atoms with van der Waals surface area (Å²) in [5.74, 6) is 0.677. The van der Waals surface area contributed by atoms with Crippen LogP contribution in [0.3, 0.4) is 0 Å². The van der Waals surface area contributed by atoms with E-state index >= 15 is 0 Å². The number of anilines is 1. The zero-order valence-electron chi connectivity index (χ0n) is 13.7. The molecular weight excluding hydrogens is 323 g/mol. The van der Waals surface area contributed by atoms with Gasteiger partial charge in [0.25, 0.3) is 0 Å². The topological polar surface area (TPSA) is 84.0 Å². The van der Waals surface area contributed by atoms with Crippen molar-refractivity contribution >= 4 is 5.69 Å². The molecule has 0 amide bonds. The molecule has 3 rings (SSSR count). The highest BCUT2D eigenvalue weighted by Crippen LogP contribution is 2.29. The van der Waals surface area contributed by atoms with Crippen molar-refractivity contribution in [1.29, 1.82) is 5.26 Å². The van der Waals surface area contributed by atoms with Crippen LogP contribution in [0.15, 0.2) is 46.9 Å². The Morgan fingerprint density at radius 3 is 2.68 bits per heavy atom. The molecule has 0 radical (unpaired) electrons. The summed E-state index contributed by atoms with van der Waals surface area (Å²) in [7, 11) is 0. The van der Waals surface area contributed by atoms with Crippen molar-refractivity contribution in [3.05, 3.63) is 65.6 Å². The van der Waals surface area contributed by atoms with E-state index in [4.69, 9.17) is 14.4 Å². The van der Waals surface area contributed by atoms with Gasteiger partial charge in [0.1, 0.15) is 17.9 Å². The van der Waals surface area contributed by atoms with Crippen LogP contribution in [0.4, 0.5) is 10.1 Å². The third-order valence-electron chi connectivity index (χ3n) is 3.45. The van der Waals surface area contributed by atoms with Crippen LogP contribution >= 0.6 is 0 Å². The van der Waals surface area contributed by atoms with Gasteiger partial charge in [0.05, 0.1) is 5.56 Å². The molecule has 1 heterocycles. The molecule has 0 unspecified atom stereocenters. The zero-order chi connectivity index (χ0) is 17.8. The summed E-state index contributed by atoms with van der Waals surface area (Å²) in [6.07, 6.45) is 0. The molecule has 1 aromatic heterocycles. The van der Waals surface area contributed by atoms with Gasteiger partial charge in [-0.1, -0.05) is 12.1 Å². The minimum absolute atomic E-state index is 0.0366. The number of hydrogen-bond acceptors (Lipinski definition) is 6. The minimum Gasteiger partial charge on any atom is -0.453 e. The first-order chi connectivity index (χ1) is 12.1. The molecule has 0 bridgehead atoms. The first kappa shape index (κ1) is 16.5. The van der Waals surface area contributed by atoms with Gasteiger partial charge in [-0.25, -0.2) is 4.39 Å². The predicted molar refractivity (Wildman–Crippen MR) is 88.7 cm³/mol. The number of nitrogens with zero attached hydrogens (tertiary/aromatic N) is 3. The van der Waals surface area contributed by atoms with Gasteiger partial charge in [0, 0.05) is 18.7 Å². The Hall–Kier alpha value is -3.40. The molecule has 3 aromatic rings. The van der Waals surface area contributed by atoms with Crippen LogP contribution in [0.1, 0.15) is 30.3 Å². The van der Waals surface area contributed by atoms with Crippen LogP contribution < -0.4 is 10.1 Å².